The van der Waals surface area contributed by atoms with E-state index in [9.17, 15) is 14.0 Å². The number of para-hydroxylation sites is 2. The smallest absolute Gasteiger partial charge is 0.240 e. The van der Waals surface area contributed by atoms with Crippen molar-refractivity contribution >= 4 is 17.5 Å². The molecule has 2 aromatic carbocycles. The molecule has 0 aromatic heterocycles. The van der Waals surface area contributed by atoms with Gasteiger partial charge in [-0.3, -0.25) is 9.59 Å². The van der Waals surface area contributed by atoms with Crippen molar-refractivity contribution in [3.8, 4) is 5.75 Å². The number of methoxy groups -OCH3 is 1. The Morgan fingerprint density at radius 2 is 1.77 bits per heavy atom. The average Bonchev–Trinajstić information content (AvgIpc) is 3.46. The summed E-state index contributed by atoms with van der Waals surface area (Å²) in [5.41, 5.74) is -0.0233. The summed E-state index contributed by atoms with van der Waals surface area (Å²) in [5.74, 6) is -0.535. The molecule has 1 saturated carbocycles. The zero-order valence-corrected chi connectivity index (χ0v) is 14.5. The van der Waals surface area contributed by atoms with E-state index in [0.717, 1.165) is 11.3 Å². The lowest BCUT2D eigenvalue weighted by molar-refractivity contribution is -0.134. The summed E-state index contributed by atoms with van der Waals surface area (Å²) >= 11 is 0. The second-order valence-electron chi connectivity index (χ2n) is 6.33. The van der Waals surface area contributed by atoms with E-state index >= 15 is 0 Å². The molecule has 0 saturated heterocycles. The fraction of sp³-hybridized carbons (Fsp3) is 0.300. The van der Waals surface area contributed by atoms with E-state index in [1.165, 1.54) is 12.1 Å². The van der Waals surface area contributed by atoms with Gasteiger partial charge in [-0.15, -0.1) is 0 Å². The van der Waals surface area contributed by atoms with Crippen molar-refractivity contribution in [2.75, 3.05) is 19.0 Å². The number of carbonyl (C=O) groups is 2. The minimum atomic E-state index is -1.09. The number of ether oxygens (including phenoxy) is 1. The van der Waals surface area contributed by atoms with Gasteiger partial charge in [-0.05, 0) is 43.0 Å². The van der Waals surface area contributed by atoms with E-state index in [-0.39, 0.29) is 11.6 Å². The van der Waals surface area contributed by atoms with E-state index in [0.29, 0.717) is 25.8 Å². The summed E-state index contributed by atoms with van der Waals surface area (Å²) in [6, 6.07) is 13.5. The van der Waals surface area contributed by atoms with Crippen LogP contribution in [-0.2, 0) is 16.0 Å². The van der Waals surface area contributed by atoms with E-state index in [2.05, 4.69) is 10.6 Å². The fourth-order valence-electron chi connectivity index (χ4n) is 2.88. The quantitative estimate of drug-likeness (QED) is 0.750. The third kappa shape index (κ3) is 3.69. The molecule has 2 amide bonds. The second kappa shape index (κ2) is 7.56. The molecule has 0 heterocycles. The summed E-state index contributed by atoms with van der Waals surface area (Å²) in [6.45, 7) is 0.397. The van der Waals surface area contributed by atoms with Crippen LogP contribution in [0.4, 0.5) is 10.1 Å². The Labute approximate surface area is 151 Å². The summed E-state index contributed by atoms with van der Waals surface area (Å²) in [7, 11) is 1.60. The van der Waals surface area contributed by atoms with Crippen molar-refractivity contribution in [3.63, 3.8) is 0 Å². The van der Waals surface area contributed by atoms with Crippen LogP contribution in [0.25, 0.3) is 0 Å². The molecule has 1 aliphatic rings. The normalized spacial score (nSPS) is 14.4. The molecule has 0 bridgehead atoms. The SMILES string of the molecule is COc1ccccc1CCNC(=O)C1(C(=O)Nc2ccccc2F)CC1. The van der Waals surface area contributed by atoms with Gasteiger partial charge in [0.15, 0.2) is 0 Å². The topological polar surface area (TPSA) is 67.4 Å². The molecule has 0 aliphatic heterocycles. The van der Waals surface area contributed by atoms with E-state index in [1.807, 2.05) is 24.3 Å². The number of nitrogens with one attached hydrogen (secondary N) is 2. The molecule has 136 valence electrons. The van der Waals surface area contributed by atoms with Crippen LogP contribution >= 0.6 is 0 Å². The molecule has 2 aromatic rings. The maximum atomic E-state index is 13.7. The zero-order valence-electron chi connectivity index (χ0n) is 14.5. The van der Waals surface area contributed by atoms with Crippen molar-refractivity contribution in [2.45, 2.75) is 19.3 Å². The molecule has 2 N–H and O–H groups in total. The standard InChI is InChI=1S/C20H21FN2O3/c1-26-17-9-5-2-6-14(17)10-13-22-18(24)20(11-12-20)19(25)23-16-8-4-3-7-15(16)21/h2-9H,10-13H2,1H3,(H,22,24)(H,23,25). The highest BCUT2D eigenvalue weighted by Crippen LogP contribution is 2.47. The Bertz CT molecular complexity index is 818. The molecule has 0 atom stereocenters. The molecule has 0 radical (unpaired) electrons. The minimum absolute atomic E-state index is 0.0885. The molecule has 26 heavy (non-hydrogen) atoms. The maximum absolute atomic E-state index is 13.7. The number of carbonyl (C=O) groups excluding carboxylic acids is 2. The third-order valence-electron chi connectivity index (χ3n) is 4.61. The van der Waals surface area contributed by atoms with Gasteiger partial charge in [0.25, 0.3) is 0 Å². The summed E-state index contributed by atoms with van der Waals surface area (Å²) < 4.78 is 19.0. The number of hydrogen-bond donors (Lipinski definition) is 2. The average molecular weight is 356 g/mol. The first kappa shape index (κ1) is 17.9. The highest BCUT2D eigenvalue weighted by molar-refractivity contribution is 6.13. The number of halogens is 1. The Morgan fingerprint density at radius 3 is 2.46 bits per heavy atom. The first-order valence-electron chi connectivity index (χ1n) is 8.53. The van der Waals surface area contributed by atoms with E-state index in [4.69, 9.17) is 4.74 Å². The summed E-state index contributed by atoms with van der Waals surface area (Å²) in [6.07, 6.45) is 1.53. The largest absolute Gasteiger partial charge is 0.496 e. The van der Waals surface area contributed by atoms with Crippen molar-refractivity contribution < 1.29 is 18.7 Å². The Kier molecular flexibility index (Phi) is 5.21. The number of hydrogen-bond acceptors (Lipinski definition) is 3. The van der Waals surface area contributed by atoms with E-state index < -0.39 is 17.1 Å². The second-order valence-corrected chi connectivity index (χ2v) is 6.33. The monoisotopic (exact) mass is 356 g/mol. The van der Waals surface area contributed by atoms with Gasteiger partial charge in [0, 0.05) is 6.54 Å². The molecule has 1 aliphatic carbocycles. The number of anilines is 1. The predicted octanol–water partition coefficient (Wildman–Crippen LogP) is 2.91. The van der Waals surface area contributed by atoms with Crippen LogP contribution in [-0.4, -0.2) is 25.5 Å². The molecular formula is C20H21FN2O3. The summed E-state index contributed by atoms with van der Waals surface area (Å²) in [5, 5.41) is 5.34. The molecule has 6 heteroatoms. The van der Waals surface area contributed by atoms with Crippen LogP contribution in [0, 0.1) is 11.2 Å². The first-order valence-corrected chi connectivity index (χ1v) is 8.53. The van der Waals surface area contributed by atoms with Crippen LogP contribution in [0.15, 0.2) is 48.5 Å². The molecular weight excluding hydrogens is 335 g/mol. The van der Waals surface area contributed by atoms with Crippen LogP contribution in [0.1, 0.15) is 18.4 Å². The number of rotatable bonds is 7. The minimum Gasteiger partial charge on any atom is -0.496 e. The van der Waals surface area contributed by atoms with Crippen molar-refractivity contribution in [1.29, 1.82) is 0 Å². The Hall–Kier alpha value is -2.89. The van der Waals surface area contributed by atoms with Crippen LogP contribution in [0.5, 0.6) is 5.75 Å². The zero-order chi connectivity index (χ0) is 18.6. The maximum Gasteiger partial charge on any atom is 0.240 e. The highest BCUT2D eigenvalue weighted by Gasteiger charge is 2.56. The van der Waals surface area contributed by atoms with Gasteiger partial charge in [0.05, 0.1) is 12.8 Å². The molecule has 0 unspecified atom stereocenters. The highest BCUT2D eigenvalue weighted by atomic mass is 19.1. The van der Waals surface area contributed by atoms with Crippen molar-refractivity contribution in [1.82, 2.24) is 5.32 Å². The first-order chi connectivity index (χ1) is 12.6. The van der Waals surface area contributed by atoms with E-state index in [1.54, 1.807) is 19.2 Å². The number of amides is 2. The summed E-state index contributed by atoms with van der Waals surface area (Å²) in [4.78, 5) is 25.0. The van der Waals surface area contributed by atoms with Gasteiger partial charge >= 0.3 is 0 Å². The lowest BCUT2D eigenvalue weighted by Gasteiger charge is -2.16. The molecule has 1 fully saturated rings. The van der Waals surface area contributed by atoms with Gasteiger partial charge in [-0.25, -0.2) is 4.39 Å². The van der Waals surface area contributed by atoms with Gasteiger partial charge in [-0.1, -0.05) is 30.3 Å². The van der Waals surface area contributed by atoms with Crippen LogP contribution in [0.3, 0.4) is 0 Å². The van der Waals surface area contributed by atoms with Crippen LogP contribution < -0.4 is 15.4 Å². The van der Waals surface area contributed by atoms with Crippen molar-refractivity contribution in [2.24, 2.45) is 5.41 Å². The van der Waals surface area contributed by atoms with Gasteiger partial charge in [0.1, 0.15) is 17.0 Å². The Balaban J connectivity index is 1.57. The van der Waals surface area contributed by atoms with Crippen LogP contribution in [0.2, 0.25) is 0 Å². The lowest BCUT2D eigenvalue weighted by Crippen LogP contribution is -2.40. The van der Waals surface area contributed by atoms with Gasteiger partial charge in [0.2, 0.25) is 11.8 Å². The molecule has 3 rings (SSSR count). The Morgan fingerprint density at radius 1 is 1.08 bits per heavy atom. The van der Waals surface area contributed by atoms with Gasteiger partial charge in [-0.2, -0.15) is 0 Å². The fourth-order valence-corrected chi connectivity index (χ4v) is 2.88. The van der Waals surface area contributed by atoms with Gasteiger partial charge < -0.3 is 15.4 Å². The third-order valence-corrected chi connectivity index (χ3v) is 4.61. The number of benzene rings is 2. The predicted molar refractivity (Wildman–Crippen MR) is 96.4 cm³/mol. The lowest BCUT2D eigenvalue weighted by atomic mass is 10.0. The molecule has 5 nitrogen and oxygen atoms in total. The van der Waals surface area contributed by atoms with Crippen molar-refractivity contribution in [3.05, 3.63) is 59.9 Å². The molecule has 0 spiro atoms.